The molecule has 0 saturated heterocycles. The molecule has 0 aromatic heterocycles. The van der Waals surface area contributed by atoms with E-state index in [4.69, 9.17) is 0 Å². The van der Waals surface area contributed by atoms with Gasteiger partial charge >= 0.3 is 0 Å². The molecule has 0 nitrogen and oxygen atoms in total. The molecule has 0 fully saturated rings. The van der Waals surface area contributed by atoms with Gasteiger partial charge in [-0.15, -0.1) is 0 Å². The first-order valence-electron chi connectivity index (χ1n) is 14.3. The summed E-state index contributed by atoms with van der Waals surface area (Å²) < 4.78 is 0. The normalized spacial score (nSPS) is 27.9. The zero-order valence-corrected chi connectivity index (χ0v) is 23.6. The van der Waals surface area contributed by atoms with Crippen molar-refractivity contribution in [1.82, 2.24) is 0 Å². The Balaban J connectivity index is 1.73. The van der Waals surface area contributed by atoms with Gasteiger partial charge in [0.05, 0.1) is 0 Å². The van der Waals surface area contributed by atoms with Crippen molar-refractivity contribution in [1.29, 1.82) is 0 Å². The zero-order valence-electron chi connectivity index (χ0n) is 23.6. The van der Waals surface area contributed by atoms with Gasteiger partial charge in [0.15, 0.2) is 0 Å². The maximum absolute atomic E-state index is 4.64. The lowest BCUT2D eigenvalue weighted by molar-refractivity contribution is 0.593. The van der Waals surface area contributed by atoms with Crippen LogP contribution in [0, 0.1) is 6.92 Å². The number of hydrogen-bond acceptors (Lipinski definition) is 0. The van der Waals surface area contributed by atoms with Gasteiger partial charge in [0.2, 0.25) is 0 Å². The summed E-state index contributed by atoms with van der Waals surface area (Å²) in [7, 11) is 0. The third-order valence-corrected chi connectivity index (χ3v) is 8.65. The summed E-state index contributed by atoms with van der Waals surface area (Å²) in [6.45, 7) is 13.4. The fraction of sp³-hybridized carbons (Fsp3) is 0.150. The summed E-state index contributed by atoms with van der Waals surface area (Å²) >= 11 is 0. The lowest BCUT2D eigenvalue weighted by Gasteiger charge is -2.37. The zero-order chi connectivity index (χ0) is 27.7. The lowest BCUT2D eigenvalue weighted by atomic mass is 9.65. The number of allylic oxidation sites excluding steroid dienone is 20. The molecular formula is C40H36. The van der Waals surface area contributed by atoms with Crippen LogP contribution in [0.2, 0.25) is 0 Å². The maximum Gasteiger partial charge on any atom is 0.0466 e. The molecule has 4 aliphatic rings. The van der Waals surface area contributed by atoms with E-state index < -0.39 is 0 Å². The molecule has 0 heterocycles. The minimum Gasteiger partial charge on any atom is -0.0911 e. The topological polar surface area (TPSA) is 0 Å². The van der Waals surface area contributed by atoms with E-state index in [1.54, 1.807) is 0 Å². The van der Waals surface area contributed by atoms with E-state index in [1.165, 1.54) is 44.5 Å². The molecule has 0 aliphatic heterocycles. The van der Waals surface area contributed by atoms with Crippen LogP contribution in [0.15, 0.2) is 157 Å². The fourth-order valence-electron chi connectivity index (χ4n) is 6.90. The first-order chi connectivity index (χ1) is 19.6. The van der Waals surface area contributed by atoms with Gasteiger partial charge in [-0.1, -0.05) is 129 Å². The van der Waals surface area contributed by atoms with Crippen molar-refractivity contribution in [3.8, 4) is 0 Å². The molecule has 0 bridgehead atoms. The summed E-state index contributed by atoms with van der Waals surface area (Å²) in [6.07, 6.45) is 32.0. The van der Waals surface area contributed by atoms with Gasteiger partial charge in [-0.05, 0) is 106 Å². The summed E-state index contributed by atoms with van der Waals surface area (Å²) in [4.78, 5) is 0. The van der Waals surface area contributed by atoms with Gasteiger partial charge in [0.1, 0.15) is 0 Å². The molecule has 2 aromatic rings. The number of rotatable bonds is 2. The second kappa shape index (κ2) is 10.6. The van der Waals surface area contributed by atoms with Crippen molar-refractivity contribution < 1.29 is 0 Å². The van der Waals surface area contributed by atoms with Crippen molar-refractivity contribution in [3.63, 3.8) is 0 Å². The van der Waals surface area contributed by atoms with Gasteiger partial charge in [-0.2, -0.15) is 0 Å². The van der Waals surface area contributed by atoms with Crippen LogP contribution in [0.3, 0.4) is 0 Å². The highest BCUT2D eigenvalue weighted by atomic mass is 14.5. The van der Waals surface area contributed by atoms with Gasteiger partial charge in [0.25, 0.3) is 0 Å². The van der Waals surface area contributed by atoms with E-state index >= 15 is 0 Å². The summed E-state index contributed by atoms with van der Waals surface area (Å²) in [5, 5.41) is 0. The largest absolute Gasteiger partial charge is 0.0911 e. The van der Waals surface area contributed by atoms with E-state index in [0.717, 1.165) is 41.5 Å². The van der Waals surface area contributed by atoms with E-state index in [9.17, 15) is 0 Å². The Morgan fingerprint density at radius 3 is 2.42 bits per heavy atom. The van der Waals surface area contributed by atoms with Crippen molar-refractivity contribution in [2.45, 2.75) is 38.5 Å². The average molecular weight is 517 g/mol. The smallest absolute Gasteiger partial charge is 0.0466 e. The lowest BCUT2D eigenvalue weighted by Crippen LogP contribution is -2.30. The first kappa shape index (κ1) is 25.8. The van der Waals surface area contributed by atoms with Gasteiger partial charge in [0, 0.05) is 5.41 Å². The third kappa shape index (κ3) is 4.16. The molecule has 6 rings (SSSR count). The predicted octanol–water partition coefficient (Wildman–Crippen LogP) is 10.5. The number of aryl methyl sites for hydroxylation is 1. The van der Waals surface area contributed by atoms with Crippen LogP contribution in [0.1, 0.15) is 54.0 Å². The third-order valence-electron chi connectivity index (χ3n) is 8.65. The van der Waals surface area contributed by atoms with E-state index in [0.29, 0.717) is 0 Å². The van der Waals surface area contributed by atoms with Crippen LogP contribution < -0.4 is 0 Å². The minimum absolute atomic E-state index is 0.264. The quantitative estimate of drug-likeness (QED) is 0.372. The maximum atomic E-state index is 4.64. The molecule has 0 N–H and O–H groups in total. The SMILES string of the molecule is C=C1/C=C\C=C/CC2(C3=C(C=CCC3)c3c(C)cccc32)C(/C=C/C)=C1/C=C1\C=C/C=C\C(=C)c2ccccc21. The van der Waals surface area contributed by atoms with Crippen LogP contribution in [0.25, 0.3) is 16.7 Å². The standard InChI is InChI=1S/C40H36/c1-5-16-36-35(27-31-20-9-8-18-28(2)32-21-10-11-22-33(31)32)29(3)17-7-6-14-26-40(36)37-24-13-12-23-34(37)39-30(4)19-15-25-38(39)40/h5-12,14-23,25,27H,2-3,13,24,26H2,1,4H3/b14-6-,16-5+,17-7-,18-8-,20-9-,31-27+,36-35-. The molecule has 196 valence electrons. The van der Waals surface area contributed by atoms with Crippen LogP contribution in [-0.2, 0) is 5.41 Å². The second-order valence-corrected chi connectivity index (χ2v) is 11.0. The molecule has 0 radical (unpaired) electrons. The van der Waals surface area contributed by atoms with E-state index in [1.807, 2.05) is 0 Å². The summed E-state index contributed by atoms with van der Waals surface area (Å²) in [5.41, 5.74) is 14.9. The number of hydrogen-bond donors (Lipinski definition) is 0. The number of fused-ring (bicyclic) bond motifs is 5. The van der Waals surface area contributed by atoms with E-state index in [2.05, 4.69) is 148 Å². The molecule has 1 atom stereocenters. The molecule has 0 saturated carbocycles. The van der Waals surface area contributed by atoms with Gasteiger partial charge in [-0.3, -0.25) is 0 Å². The van der Waals surface area contributed by atoms with Gasteiger partial charge in [-0.25, -0.2) is 0 Å². The highest BCUT2D eigenvalue weighted by molar-refractivity contribution is 5.92. The Morgan fingerprint density at radius 1 is 0.800 bits per heavy atom. The Labute approximate surface area is 239 Å². The van der Waals surface area contributed by atoms with Crippen molar-refractivity contribution in [3.05, 3.63) is 185 Å². The number of benzene rings is 2. The fourth-order valence-corrected chi connectivity index (χ4v) is 6.90. The Kier molecular flexibility index (Phi) is 6.86. The summed E-state index contributed by atoms with van der Waals surface area (Å²) in [5.74, 6) is 0. The Bertz CT molecular complexity index is 1700. The first-order valence-corrected chi connectivity index (χ1v) is 14.3. The predicted molar refractivity (Wildman–Crippen MR) is 174 cm³/mol. The van der Waals surface area contributed by atoms with Crippen LogP contribution in [0.4, 0.5) is 0 Å². The molecule has 2 aromatic carbocycles. The molecule has 0 amide bonds. The molecular weight excluding hydrogens is 480 g/mol. The van der Waals surface area contributed by atoms with E-state index in [-0.39, 0.29) is 5.41 Å². The summed E-state index contributed by atoms with van der Waals surface area (Å²) in [6, 6.07) is 15.4. The highest BCUT2D eigenvalue weighted by Crippen LogP contribution is 2.58. The minimum atomic E-state index is -0.264. The molecule has 1 spiro atoms. The van der Waals surface area contributed by atoms with Crippen molar-refractivity contribution in [2.75, 3.05) is 0 Å². The Hall–Kier alpha value is -4.42. The molecule has 0 heteroatoms. The average Bonchev–Trinajstić information content (AvgIpc) is 3.28. The monoisotopic (exact) mass is 516 g/mol. The molecule has 40 heavy (non-hydrogen) atoms. The van der Waals surface area contributed by atoms with Crippen molar-refractivity contribution >= 4 is 16.7 Å². The molecule has 4 aliphatic carbocycles. The second-order valence-electron chi connectivity index (χ2n) is 11.0. The highest BCUT2D eigenvalue weighted by Gasteiger charge is 2.47. The Morgan fingerprint density at radius 2 is 1.57 bits per heavy atom. The van der Waals surface area contributed by atoms with Gasteiger partial charge < -0.3 is 0 Å². The molecule has 1 unspecified atom stereocenters. The van der Waals surface area contributed by atoms with Crippen LogP contribution in [-0.4, -0.2) is 0 Å². The van der Waals surface area contributed by atoms with Crippen LogP contribution in [0.5, 0.6) is 0 Å². The van der Waals surface area contributed by atoms with Crippen LogP contribution >= 0.6 is 0 Å². The van der Waals surface area contributed by atoms with Crippen molar-refractivity contribution in [2.24, 2.45) is 0 Å².